The van der Waals surface area contributed by atoms with Gasteiger partial charge in [-0.3, -0.25) is 4.79 Å². The third-order valence-electron chi connectivity index (χ3n) is 4.77. The van der Waals surface area contributed by atoms with Gasteiger partial charge >= 0.3 is 5.97 Å². The second-order valence-electron chi connectivity index (χ2n) is 6.23. The van der Waals surface area contributed by atoms with Gasteiger partial charge in [-0.2, -0.15) is 0 Å². The molecular weight excluding hydrogens is 256 g/mol. The number of carbonyl (C=O) groups is 2. The van der Waals surface area contributed by atoms with E-state index in [-0.39, 0.29) is 11.6 Å². The minimum Gasteiger partial charge on any atom is -0.477 e. The molecule has 0 radical (unpaired) electrons. The second-order valence-corrected chi connectivity index (χ2v) is 6.23. The summed E-state index contributed by atoms with van der Waals surface area (Å²) in [6.45, 7) is 1.78. The van der Waals surface area contributed by atoms with Gasteiger partial charge in [-0.15, -0.1) is 0 Å². The van der Waals surface area contributed by atoms with Crippen LogP contribution in [0.2, 0.25) is 0 Å². The van der Waals surface area contributed by atoms with Crippen molar-refractivity contribution in [2.45, 2.75) is 39.0 Å². The van der Waals surface area contributed by atoms with Crippen LogP contribution < -0.4 is 5.32 Å². The van der Waals surface area contributed by atoms with Crippen LogP contribution in [0.15, 0.2) is 6.07 Å². The number of aryl methyl sites for hydroxylation is 1. The number of aromatic amines is 1. The van der Waals surface area contributed by atoms with E-state index in [1.807, 2.05) is 0 Å². The maximum atomic E-state index is 12.1. The summed E-state index contributed by atoms with van der Waals surface area (Å²) in [5.41, 5.74) is 1.17. The Morgan fingerprint density at radius 2 is 2.20 bits per heavy atom. The van der Waals surface area contributed by atoms with Gasteiger partial charge in [0.25, 0.3) is 0 Å². The van der Waals surface area contributed by atoms with Crippen LogP contribution in [-0.2, 0) is 4.79 Å². The Balaban J connectivity index is 1.63. The molecule has 1 aromatic heterocycles. The van der Waals surface area contributed by atoms with E-state index in [1.165, 1.54) is 19.3 Å². The number of rotatable bonds is 4. The number of anilines is 1. The van der Waals surface area contributed by atoms with Crippen molar-refractivity contribution in [3.63, 3.8) is 0 Å². The number of H-pyrrole nitrogens is 1. The molecule has 3 unspecified atom stereocenters. The van der Waals surface area contributed by atoms with Gasteiger partial charge in [0.05, 0.1) is 5.69 Å². The quantitative estimate of drug-likeness (QED) is 0.790. The van der Waals surface area contributed by atoms with Gasteiger partial charge in [-0.25, -0.2) is 4.79 Å². The Hall–Kier alpha value is -1.78. The van der Waals surface area contributed by atoms with Crippen molar-refractivity contribution in [1.82, 2.24) is 4.98 Å². The van der Waals surface area contributed by atoms with E-state index in [4.69, 9.17) is 5.11 Å². The number of nitrogens with one attached hydrogen (secondary N) is 2. The summed E-state index contributed by atoms with van der Waals surface area (Å²) in [6, 6.07) is 1.67. The third kappa shape index (κ3) is 2.44. The Bertz CT molecular complexity index is 549. The van der Waals surface area contributed by atoms with Crippen LogP contribution in [0, 0.1) is 24.7 Å². The molecule has 1 aromatic rings. The molecule has 0 spiro atoms. The highest BCUT2D eigenvalue weighted by Gasteiger charge is 2.40. The highest BCUT2D eigenvalue weighted by atomic mass is 16.4. The zero-order valence-corrected chi connectivity index (χ0v) is 11.6. The maximum absolute atomic E-state index is 12.1. The molecule has 3 atom stereocenters. The molecule has 3 N–H and O–H groups in total. The van der Waals surface area contributed by atoms with Crippen LogP contribution in [0.4, 0.5) is 5.69 Å². The van der Waals surface area contributed by atoms with Crippen molar-refractivity contribution in [2.75, 3.05) is 5.32 Å². The third-order valence-corrected chi connectivity index (χ3v) is 4.77. The first kappa shape index (κ1) is 13.2. The molecule has 108 valence electrons. The van der Waals surface area contributed by atoms with Crippen LogP contribution in [0.1, 0.15) is 48.3 Å². The van der Waals surface area contributed by atoms with E-state index in [1.54, 1.807) is 13.0 Å². The number of carboxylic acid groups (broad SMARTS) is 1. The van der Waals surface area contributed by atoms with Crippen molar-refractivity contribution < 1.29 is 14.7 Å². The number of aromatic carboxylic acids is 1. The zero-order valence-electron chi connectivity index (χ0n) is 11.6. The fourth-order valence-corrected chi connectivity index (χ4v) is 3.92. The van der Waals surface area contributed by atoms with Gasteiger partial charge in [-0.05, 0) is 50.0 Å². The summed E-state index contributed by atoms with van der Waals surface area (Å²) >= 11 is 0. The molecule has 2 bridgehead atoms. The van der Waals surface area contributed by atoms with Crippen molar-refractivity contribution >= 4 is 17.6 Å². The van der Waals surface area contributed by atoms with Crippen LogP contribution in [0.3, 0.4) is 0 Å². The molecule has 2 fully saturated rings. The molecule has 0 aromatic carbocycles. The Morgan fingerprint density at radius 1 is 1.40 bits per heavy atom. The first-order valence-electron chi connectivity index (χ1n) is 7.25. The molecular formula is C15H20N2O3. The smallest absolute Gasteiger partial charge is 0.354 e. The molecule has 1 amide bonds. The molecule has 3 rings (SSSR count). The lowest BCUT2D eigenvalue weighted by Crippen LogP contribution is -2.21. The maximum Gasteiger partial charge on any atom is 0.354 e. The molecule has 2 aliphatic rings. The predicted octanol–water partition coefficient (Wildman–Crippen LogP) is 2.79. The molecule has 1 heterocycles. The molecule has 2 saturated carbocycles. The predicted molar refractivity (Wildman–Crippen MR) is 74.7 cm³/mol. The lowest BCUT2D eigenvalue weighted by Gasteiger charge is -2.20. The Labute approximate surface area is 117 Å². The van der Waals surface area contributed by atoms with Gasteiger partial charge < -0.3 is 15.4 Å². The molecule has 2 aliphatic carbocycles. The molecule has 20 heavy (non-hydrogen) atoms. The topological polar surface area (TPSA) is 82.2 Å². The minimum atomic E-state index is -1.05. The average Bonchev–Trinajstić information content (AvgIpc) is 3.04. The van der Waals surface area contributed by atoms with Crippen LogP contribution in [0.5, 0.6) is 0 Å². The number of carboxylic acids is 1. The van der Waals surface area contributed by atoms with Gasteiger partial charge in [0.15, 0.2) is 0 Å². The van der Waals surface area contributed by atoms with E-state index in [0.717, 1.165) is 18.0 Å². The summed E-state index contributed by atoms with van der Waals surface area (Å²) < 4.78 is 0. The van der Waals surface area contributed by atoms with E-state index in [9.17, 15) is 9.59 Å². The highest BCUT2D eigenvalue weighted by Crippen LogP contribution is 2.49. The number of hydrogen-bond acceptors (Lipinski definition) is 2. The molecule has 5 nitrogen and oxygen atoms in total. The fraction of sp³-hybridized carbons (Fsp3) is 0.600. The van der Waals surface area contributed by atoms with E-state index in [2.05, 4.69) is 10.3 Å². The van der Waals surface area contributed by atoms with Crippen LogP contribution >= 0.6 is 0 Å². The van der Waals surface area contributed by atoms with Gasteiger partial charge in [0, 0.05) is 12.1 Å². The summed E-state index contributed by atoms with van der Waals surface area (Å²) in [6.07, 6.45) is 5.54. The number of carbonyl (C=O) groups excluding carboxylic acids is 1. The first-order chi connectivity index (χ1) is 9.52. The summed E-state index contributed by atoms with van der Waals surface area (Å²) in [7, 11) is 0. The average molecular weight is 276 g/mol. The number of hydrogen-bond donors (Lipinski definition) is 3. The normalized spacial score (nSPS) is 27.8. The van der Waals surface area contributed by atoms with E-state index < -0.39 is 5.97 Å². The van der Waals surface area contributed by atoms with Crippen LogP contribution in [-0.4, -0.2) is 22.0 Å². The second kappa shape index (κ2) is 4.96. The summed E-state index contributed by atoms with van der Waals surface area (Å²) in [5.74, 6) is 0.902. The fourth-order valence-electron chi connectivity index (χ4n) is 3.92. The first-order valence-corrected chi connectivity index (χ1v) is 7.25. The minimum absolute atomic E-state index is 0.0591. The summed E-state index contributed by atoms with van der Waals surface area (Å²) in [4.78, 5) is 25.9. The lowest BCUT2D eigenvalue weighted by molar-refractivity contribution is -0.117. The number of aromatic nitrogens is 1. The largest absolute Gasteiger partial charge is 0.477 e. The zero-order chi connectivity index (χ0) is 14.3. The van der Waals surface area contributed by atoms with E-state index >= 15 is 0 Å². The van der Waals surface area contributed by atoms with Crippen LogP contribution in [0.25, 0.3) is 0 Å². The number of fused-ring (bicyclic) bond motifs is 2. The van der Waals surface area contributed by atoms with Crippen molar-refractivity contribution in [2.24, 2.45) is 17.8 Å². The summed E-state index contributed by atoms with van der Waals surface area (Å²) in [5, 5.41) is 11.8. The molecule has 5 heteroatoms. The van der Waals surface area contributed by atoms with Crippen molar-refractivity contribution in [3.8, 4) is 0 Å². The van der Waals surface area contributed by atoms with Gasteiger partial charge in [0.2, 0.25) is 5.91 Å². The standard InChI is InChI=1S/C15H20N2O3/c1-8-4-12(14(16-8)15(19)20)17-13(18)7-11-6-9-2-3-10(11)5-9/h4,9-11,16H,2-3,5-7H2,1H3,(H,17,18)(H,19,20). The van der Waals surface area contributed by atoms with Crippen molar-refractivity contribution in [1.29, 1.82) is 0 Å². The Morgan fingerprint density at radius 3 is 2.80 bits per heavy atom. The van der Waals surface area contributed by atoms with Gasteiger partial charge in [-0.1, -0.05) is 6.42 Å². The van der Waals surface area contributed by atoms with Crippen molar-refractivity contribution in [3.05, 3.63) is 17.5 Å². The number of amides is 1. The molecule has 0 saturated heterocycles. The highest BCUT2D eigenvalue weighted by molar-refractivity contribution is 5.99. The monoisotopic (exact) mass is 276 g/mol. The van der Waals surface area contributed by atoms with Gasteiger partial charge in [0.1, 0.15) is 5.69 Å². The van der Waals surface area contributed by atoms with E-state index in [0.29, 0.717) is 23.9 Å². The molecule has 0 aliphatic heterocycles. The SMILES string of the molecule is Cc1cc(NC(=O)CC2CC3CCC2C3)c(C(=O)O)[nH]1. The Kier molecular flexibility index (Phi) is 3.28. The lowest BCUT2D eigenvalue weighted by atomic mass is 9.86.